The van der Waals surface area contributed by atoms with Crippen LogP contribution in [0.25, 0.3) is 120 Å². The fraction of sp³-hybridized carbons (Fsp3) is 0. The zero-order chi connectivity index (χ0) is 39.6. The van der Waals surface area contributed by atoms with Crippen LogP contribution >= 0.6 is 11.3 Å². The third kappa shape index (κ3) is 5.70. The number of para-hydroxylation sites is 2. The summed E-state index contributed by atoms with van der Waals surface area (Å²) < 4.78 is 9.34. The van der Waals surface area contributed by atoms with Crippen molar-refractivity contribution in [2.75, 3.05) is 0 Å². The maximum absolute atomic E-state index is 6.75. The van der Waals surface area contributed by atoms with Gasteiger partial charge in [0, 0.05) is 70.3 Å². The summed E-state index contributed by atoms with van der Waals surface area (Å²) in [6.45, 7) is 0. The molecule has 5 heteroatoms. The first-order valence-electron chi connectivity index (χ1n) is 20.1. The van der Waals surface area contributed by atoms with Gasteiger partial charge in [-0.2, -0.15) is 0 Å². The number of hydrogen-bond donors (Lipinski definition) is 0. The minimum absolute atomic E-state index is 0.676. The quantitative estimate of drug-likeness (QED) is 0.169. The van der Waals surface area contributed by atoms with Crippen molar-refractivity contribution < 1.29 is 4.42 Å². The van der Waals surface area contributed by atoms with Crippen LogP contribution in [-0.4, -0.2) is 15.0 Å². The molecule has 0 saturated heterocycles. The fourth-order valence-corrected chi connectivity index (χ4v) is 9.92. The number of fused-ring (bicyclic) bond motifs is 7. The van der Waals surface area contributed by atoms with Gasteiger partial charge in [0.1, 0.15) is 11.2 Å². The second-order valence-electron chi connectivity index (χ2n) is 15.1. The predicted octanol–water partition coefficient (Wildman–Crippen LogP) is 15.3. The molecule has 0 aliphatic carbocycles. The van der Waals surface area contributed by atoms with Crippen LogP contribution in [0.15, 0.2) is 205 Å². The zero-order valence-electron chi connectivity index (χ0n) is 32.2. The number of thiophene rings is 1. The highest BCUT2D eigenvalue weighted by Gasteiger charge is 2.20. The van der Waals surface area contributed by atoms with Gasteiger partial charge >= 0.3 is 0 Å². The summed E-state index contributed by atoms with van der Waals surface area (Å²) in [7, 11) is 0. The van der Waals surface area contributed by atoms with E-state index in [4.69, 9.17) is 14.4 Å². The molecule has 4 heterocycles. The van der Waals surface area contributed by atoms with E-state index >= 15 is 0 Å². The molecule has 280 valence electrons. The topological polar surface area (TPSA) is 51.8 Å². The third-order valence-corrected chi connectivity index (χ3v) is 12.8. The highest BCUT2D eigenvalue weighted by molar-refractivity contribution is 7.26. The Morgan fingerprint density at radius 3 is 1.83 bits per heavy atom. The van der Waals surface area contributed by atoms with Crippen LogP contribution in [0.1, 0.15) is 0 Å². The molecule has 0 radical (unpaired) electrons. The molecule has 0 saturated carbocycles. The van der Waals surface area contributed by atoms with Gasteiger partial charge in [0.05, 0.1) is 16.9 Å². The average molecular weight is 784 g/mol. The molecule has 0 atom stereocenters. The summed E-state index contributed by atoms with van der Waals surface area (Å²) in [5.41, 5.74) is 14.3. The lowest BCUT2D eigenvalue weighted by molar-refractivity contribution is 0.670. The molecular weight excluding hydrogens is 751 g/mol. The molecule has 0 spiro atoms. The van der Waals surface area contributed by atoms with E-state index in [9.17, 15) is 0 Å². The Hall–Kier alpha value is -7.73. The van der Waals surface area contributed by atoms with E-state index in [1.165, 1.54) is 31.3 Å². The molecule has 0 amide bonds. The van der Waals surface area contributed by atoms with Gasteiger partial charge in [-0.1, -0.05) is 158 Å². The van der Waals surface area contributed by atoms with Gasteiger partial charge < -0.3 is 4.42 Å². The standard InChI is InChI=1S/C55H33N3OS/c1-2-11-36(12-3-1)48-33-49(58-55(57-48)38-27-23-34(24-28-38)39-31-32-56-47-18-7-4-13-41(39)47)37-25-21-35(22-26-37)40-29-30-43(52-46-15-5-8-19-50(46)59-53(40)52)45-17-10-16-44-42-14-6-9-20-51(42)60-54(44)45/h1-33H. The molecule has 0 N–H and O–H groups in total. The molecule has 12 aromatic rings. The summed E-state index contributed by atoms with van der Waals surface area (Å²) >= 11 is 1.86. The number of hydrogen-bond acceptors (Lipinski definition) is 5. The summed E-state index contributed by atoms with van der Waals surface area (Å²) in [5.74, 6) is 0.676. The van der Waals surface area contributed by atoms with Crippen molar-refractivity contribution in [3.63, 3.8) is 0 Å². The van der Waals surface area contributed by atoms with E-state index < -0.39 is 0 Å². The van der Waals surface area contributed by atoms with E-state index in [2.05, 4.69) is 163 Å². The average Bonchev–Trinajstić information content (AvgIpc) is 3.91. The molecule has 0 aliphatic heterocycles. The Labute approximate surface area is 349 Å². The number of nitrogens with zero attached hydrogens (tertiary/aromatic N) is 3. The van der Waals surface area contributed by atoms with E-state index in [0.29, 0.717) is 5.82 Å². The Kier molecular flexibility index (Phi) is 8.00. The minimum atomic E-state index is 0.676. The number of rotatable bonds is 6. The van der Waals surface area contributed by atoms with Crippen LogP contribution in [0.2, 0.25) is 0 Å². The molecular formula is C55H33N3OS. The molecule has 0 fully saturated rings. The molecule has 12 rings (SSSR count). The second kappa shape index (κ2) is 14.0. The number of aromatic nitrogens is 3. The van der Waals surface area contributed by atoms with E-state index in [0.717, 1.165) is 83.2 Å². The molecule has 0 unspecified atom stereocenters. The van der Waals surface area contributed by atoms with Gasteiger partial charge in [-0.25, -0.2) is 9.97 Å². The molecule has 0 bridgehead atoms. The van der Waals surface area contributed by atoms with Crippen molar-refractivity contribution in [2.45, 2.75) is 0 Å². The van der Waals surface area contributed by atoms with Crippen molar-refractivity contribution in [3.05, 3.63) is 200 Å². The summed E-state index contributed by atoms with van der Waals surface area (Å²) in [6, 6.07) is 68.2. The number of furan rings is 1. The van der Waals surface area contributed by atoms with Gasteiger partial charge in [-0.3, -0.25) is 4.98 Å². The first-order valence-corrected chi connectivity index (χ1v) is 20.9. The monoisotopic (exact) mass is 783 g/mol. The largest absolute Gasteiger partial charge is 0.455 e. The van der Waals surface area contributed by atoms with Crippen molar-refractivity contribution in [1.29, 1.82) is 0 Å². The predicted molar refractivity (Wildman–Crippen MR) is 250 cm³/mol. The number of pyridine rings is 1. The van der Waals surface area contributed by atoms with Crippen LogP contribution in [0, 0.1) is 0 Å². The lowest BCUT2D eigenvalue weighted by atomic mass is 9.93. The van der Waals surface area contributed by atoms with Gasteiger partial charge in [0.25, 0.3) is 0 Å². The maximum Gasteiger partial charge on any atom is 0.160 e. The van der Waals surface area contributed by atoms with Crippen LogP contribution in [0.4, 0.5) is 0 Å². The second-order valence-corrected chi connectivity index (χ2v) is 16.2. The Bertz CT molecular complexity index is 3580. The van der Waals surface area contributed by atoms with E-state index in [1.807, 2.05) is 53.9 Å². The van der Waals surface area contributed by atoms with Crippen LogP contribution in [-0.2, 0) is 0 Å². The van der Waals surface area contributed by atoms with Crippen molar-refractivity contribution in [1.82, 2.24) is 15.0 Å². The molecule has 4 aromatic heterocycles. The Morgan fingerprint density at radius 2 is 1.02 bits per heavy atom. The summed E-state index contributed by atoms with van der Waals surface area (Å²) in [6.07, 6.45) is 1.87. The SMILES string of the molecule is c1ccc(-c2cc(-c3ccc(-c4ccc(-c5cccc6c5sc5ccccc56)c5c4oc4ccccc45)cc3)nc(-c3ccc(-c4ccnc5ccccc45)cc3)n2)cc1. The normalized spacial score (nSPS) is 11.7. The smallest absolute Gasteiger partial charge is 0.160 e. The van der Waals surface area contributed by atoms with Crippen LogP contribution in [0.5, 0.6) is 0 Å². The van der Waals surface area contributed by atoms with Gasteiger partial charge in [-0.15, -0.1) is 11.3 Å². The molecule has 4 nitrogen and oxygen atoms in total. The lowest BCUT2D eigenvalue weighted by Crippen LogP contribution is -1.96. The lowest BCUT2D eigenvalue weighted by Gasteiger charge is -2.12. The van der Waals surface area contributed by atoms with Crippen LogP contribution < -0.4 is 0 Å². The van der Waals surface area contributed by atoms with E-state index in [-0.39, 0.29) is 0 Å². The zero-order valence-corrected chi connectivity index (χ0v) is 33.0. The molecule has 0 aliphatic rings. The molecule has 60 heavy (non-hydrogen) atoms. The highest BCUT2D eigenvalue weighted by Crippen LogP contribution is 2.46. The summed E-state index contributed by atoms with van der Waals surface area (Å²) in [5, 5.41) is 5.95. The fourth-order valence-electron chi connectivity index (χ4n) is 8.69. The van der Waals surface area contributed by atoms with Crippen molar-refractivity contribution in [2.24, 2.45) is 0 Å². The van der Waals surface area contributed by atoms with Gasteiger partial charge in [0.15, 0.2) is 5.82 Å². The van der Waals surface area contributed by atoms with Gasteiger partial charge in [-0.05, 0) is 58.7 Å². The van der Waals surface area contributed by atoms with Crippen molar-refractivity contribution >= 4 is 64.4 Å². The number of benzene rings is 8. The first-order chi connectivity index (χ1) is 29.7. The third-order valence-electron chi connectivity index (χ3n) is 11.6. The van der Waals surface area contributed by atoms with Crippen LogP contribution in [0.3, 0.4) is 0 Å². The van der Waals surface area contributed by atoms with Gasteiger partial charge in [0.2, 0.25) is 0 Å². The highest BCUT2D eigenvalue weighted by atomic mass is 32.1. The minimum Gasteiger partial charge on any atom is -0.455 e. The van der Waals surface area contributed by atoms with E-state index in [1.54, 1.807) is 0 Å². The maximum atomic E-state index is 6.75. The Balaban J connectivity index is 0.952. The summed E-state index contributed by atoms with van der Waals surface area (Å²) in [4.78, 5) is 14.8. The first kappa shape index (κ1) is 34.3. The Morgan fingerprint density at radius 1 is 0.400 bits per heavy atom. The van der Waals surface area contributed by atoms with Crippen molar-refractivity contribution in [3.8, 4) is 67.3 Å². The molecule has 8 aromatic carbocycles.